The Morgan fingerprint density at radius 3 is 2.65 bits per heavy atom. The zero-order valence-corrected chi connectivity index (χ0v) is 17.6. The van der Waals surface area contributed by atoms with Crippen LogP contribution in [0.4, 0.5) is 4.39 Å². The van der Waals surface area contributed by atoms with Crippen molar-refractivity contribution in [1.29, 1.82) is 0 Å². The van der Waals surface area contributed by atoms with Gasteiger partial charge in [-0.25, -0.2) is 4.39 Å². The fourth-order valence-electron chi connectivity index (χ4n) is 5.94. The first kappa shape index (κ1) is 19.3. The third-order valence-corrected chi connectivity index (χ3v) is 7.92. The van der Waals surface area contributed by atoms with Gasteiger partial charge in [-0.1, -0.05) is 18.2 Å². The molecule has 1 N–H and O–H groups in total. The number of hydrogen-bond acceptors (Lipinski definition) is 3. The van der Waals surface area contributed by atoms with Gasteiger partial charge in [0.15, 0.2) is 0 Å². The van der Waals surface area contributed by atoms with Crippen LogP contribution in [-0.4, -0.2) is 35.1 Å². The smallest absolute Gasteiger partial charge is 0.306 e. The average molecular weight is 422 g/mol. The highest BCUT2D eigenvalue weighted by atomic mass is 19.1. The van der Waals surface area contributed by atoms with E-state index >= 15 is 0 Å². The summed E-state index contributed by atoms with van der Waals surface area (Å²) in [5, 5.41) is 9.10. The fourth-order valence-corrected chi connectivity index (χ4v) is 5.94. The molecule has 4 nitrogen and oxygen atoms in total. The van der Waals surface area contributed by atoms with Crippen LogP contribution < -0.4 is 4.74 Å². The van der Waals surface area contributed by atoms with Crippen LogP contribution in [0.5, 0.6) is 5.75 Å². The number of fused-ring (bicyclic) bond motifs is 1. The van der Waals surface area contributed by atoms with Crippen LogP contribution in [0.25, 0.3) is 0 Å². The van der Waals surface area contributed by atoms with Crippen molar-refractivity contribution in [2.24, 2.45) is 11.3 Å². The van der Waals surface area contributed by atoms with Crippen LogP contribution in [0.3, 0.4) is 0 Å². The molecule has 3 aliphatic carbocycles. The molecule has 4 aliphatic rings. The number of aliphatic carboxylic acids is 1. The van der Waals surface area contributed by atoms with Crippen molar-refractivity contribution in [3.63, 3.8) is 0 Å². The molecule has 0 amide bonds. The summed E-state index contributed by atoms with van der Waals surface area (Å²) in [5.41, 5.74) is 4.87. The molecule has 3 fully saturated rings. The van der Waals surface area contributed by atoms with Crippen molar-refractivity contribution in [2.75, 3.05) is 13.1 Å². The normalized spacial score (nSPS) is 26.2. The van der Waals surface area contributed by atoms with Gasteiger partial charge >= 0.3 is 5.97 Å². The van der Waals surface area contributed by atoms with Crippen LogP contribution in [0.2, 0.25) is 0 Å². The lowest BCUT2D eigenvalue weighted by Gasteiger charge is -2.55. The predicted octanol–water partition coefficient (Wildman–Crippen LogP) is 4.55. The van der Waals surface area contributed by atoms with Gasteiger partial charge in [-0.15, -0.1) is 0 Å². The molecular formula is C26H28FNO3. The third-order valence-electron chi connectivity index (χ3n) is 7.92. The summed E-state index contributed by atoms with van der Waals surface area (Å²) in [6.07, 6.45) is 6.04. The molecule has 6 rings (SSSR count). The van der Waals surface area contributed by atoms with E-state index in [1.165, 1.54) is 17.2 Å². The van der Waals surface area contributed by atoms with Gasteiger partial charge in [0.2, 0.25) is 0 Å². The Morgan fingerprint density at radius 1 is 1.13 bits per heavy atom. The number of carbonyl (C=O) groups is 1. The van der Waals surface area contributed by atoms with Gasteiger partial charge in [0.25, 0.3) is 0 Å². The molecule has 1 spiro atoms. The quantitative estimate of drug-likeness (QED) is 0.744. The Kier molecular flexibility index (Phi) is 4.39. The number of carboxylic acids is 1. The van der Waals surface area contributed by atoms with Crippen LogP contribution in [0, 0.1) is 17.2 Å². The lowest BCUT2D eigenvalue weighted by atomic mass is 9.71. The number of hydrogen-bond donors (Lipinski definition) is 1. The Balaban J connectivity index is 1.08. The van der Waals surface area contributed by atoms with Gasteiger partial charge in [0.05, 0.1) is 5.92 Å². The largest absolute Gasteiger partial charge is 0.489 e. The van der Waals surface area contributed by atoms with Crippen molar-refractivity contribution >= 4 is 5.97 Å². The summed E-state index contributed by atoms with van der Waals surface area (Å²) in [4.78, 5) is 13.5. The summed E-state index contributed by atoms with van der Waals surface area (Å²) >= 11 is 0. The number of likely N-dealkylation sites (tertiary alicyclic amines) is 1. The molecule has 0 atom stereocenters. The monoisotopic (exact) mass is 421 g/mol. The highest BCUT2D eigenvalue weighted by molar-refractivity contribution is 5.71. The van der Waals surface area contributed by atoms with E-state index in [9.17, 15) is 9.18 Å². The number of carboxylic acid groups (broad SMARTS) is 1. The van der Waals surface area contributed by atoms with Crippen molar-refractivity contribution in [1.82, 2.24) is 4.90 Å². The zero-order valence-electron chi connectivity index (χ0n) is 17.6. The van der Waals surface area contributed by atoms with Crippen LogP contribution in [-0.2, 0) is 24.2 Å². The SMILES string of the molecule is O=C(O)C1CC(N2CC3(Cc4ccc(OCc5c(F)cccc5C5CC5)cc4C3)C2)C1. The molecule has 2 aromatic rings. The van der Waals surface area contributed by atoms with Crippen molar-refractivity contribution in [3.8, 4) is 5.75 Å². The first-order valence-electron chi connectivity index (χ1n) is 11.5. The molecule has 1 saturated heterocycles. The minimum atomic E-state index is -0.646. The topological polar surface area (TPSA) is 49.8 Å². The lowest BCUT2D eigenvalue weighted by Crippen LogP contribution is -2.63. The van der Waals surface area contributed by atoms with Gasteiger partial charge in [0.1, 0.15) is 18.2 Å². The van der Waals surface area contributed by atoms with E-state index in [-0.39, 0.29) is 18.3 Å². The maximum atomic E-state index is 14.4. The van der Waals surface area contributed by atoms with Crippen molar-refractivity contribution < 1.29 is 19.0 Å². The van der Waals surface area contributed by atoms with E-state index in [2.05, 4.69) is 17.0 Å². The average Bonchev–Trinajstić information content (AvgIpc) is 3.44. The molecule has 0 bridgehead atoms. The molecule has 2 saturated carbocycles. The maximum Gasteiger partial charge on any atom is 0.306 e. The van der Waals surface area contributed by atoms with E-state index < -0.39 is 5.97 Å². The summed E-state index contributed by atoms with van der Waals surface area (Å²) in [6, 6.07) is 12.2. The Morgan fingerprint density at radius 2 is 1.90 bits per heavy atom. The number of nitrogens with zero attached hydrogens (tertiary/aromatic N) is 1. The standard InChI is InChI=1S/C26H28FNO3/c27-24-3-1-2-22(16-4-5-16)23(24)13-31-21-7-6-17-11-26(12-19(17)10-21)14-28(15-26)20-8-18(9-20)25(29)30/h1-3,6-7,10,16,18,20H,4-5,8-9,11-15H2,(H,29,30). The summed E-state index contributed by atoms with van der Waals surface area (Å²) in [5.74, 6) is 0.363. The van der Waals surface area contributed by atoms with E-state index in [1.807, 2.05) is 12.1 Å². The van der Waals surface area contributed by atoms with Crippen LogP contribution >= 0.6 is 0 Å². The maximum absolute atomic E-state index is 14.4. The third kappa shape index (κ3) is 3.43. The molecule has 162 valence electrons. The molecule has 1 aliphatic heterocycles. The molecule has 0 aromatic heterocycles. The molecule has 0 unspecified atom stereocenters. The first-order valence-corrected chi connectivity index (χ1v) is 11.5. The number of ether oxygens (including phenoxy) is 1. The number of halogens is 1. The number of benzene rings is 2. The Labute approximate surface area is 182 Å². The van der Waals surface area contributed by atoms with E-state index in [0.717, 1.165) is 62.9 Å². The molecule has 2 aromatic carbocycles. The highest BCUT2D eigenvalue weighted by Crippen LogP contribution is 2.48. The van der Waals surface area contributed by atoms with Crippen LogP contribution in [0.1, 0.15) is 53.9 Å². The lowest BCUT2D eigenvalue weighted by molar-refractivity contribution is -0.150. The van der Waals surface area contributed by atoms with Gasteiger partial charge < -0.3 is 9.84 Å². The molecule has 1 heterocycles. The van der Waals surface area contributed by atoms with E-state index in [0.29, 0.717) is 22.9 Å². The second-order valence-electron chi connectivity index (χ2n) is 10.2. The van der Waals surface area contributed by atoms with Gasteiger partial charge in [0, 0.05) is 30.1 Å². The van der Waals surface area contributed by atoms with Gasteiger partial charge in [-0.05, 0) is 79.3 Å². The Hall–Kier alpha value is -2.40. The molecular weight excluding hydrogens is 393 g/mol. The summed E-state index contributed by atoms with van der Waals surface area (Å²) in [6.45, 7) is 2.41. The number of rotatable bonds is 6. The minimum Gasteiger partial charge on any atom is -0.489 e. The second kappa shape index (κ2) is 7.06. The summed E-state index contributed by atoms with van der Waals surface area (Å²) < 4.78 is 20.5. The highest BCUT2D eigenvalue weighted by Gasteiger charge is 2.51. The van der Waals surface area contributed by atoms with Crippen molar-refractivity contribution in [2.45, 2.75) is 57.1 Å². The van der Waals surface area contributed by atoms with Gasteiger partial charge in [-0.3, -0.25) is 9.69 Å². The van der Waals surface area contributed by atoms with Crippen LogP contribution in [0.15, 0.2) is 36.4 Å². The summed E-state index contributed by atoms with van der Waals surface area (Å²) in [7, 11) is 0. The second-order valence-corrected chi connectivity index (χ2v) is 10.2. The minimum absolute atomic E-state index is 0.142. The molecule has 0 radical (unpaired) electrons. The van der Waals surface area contributed by atoms with E-state index in [4.69, 9.17) is 9.84 Å². The zero-order chi connectivity index (χ0) is 21.2. The fraction of sp³-hybridized carbons (Fsp3) is 0.500. The van der Waals surface area contributed by atoms with Gasteiger partial charge in [-0.2, -0.15) is 0 Å². The predicted molar refractivity (Wildman–Crippen MR) is 115 cm³/mol. The van der Waals surface area contributed by atoms with E-state index in [1.54, 1.807) is 6.07 Å². The van der Waals surface area contributed by atoms with Crippen molar-refractivity contribution in [3.05, 3.63) is 64.5 Å². The Bertz CT molecular complexity index is 1030. The molecule has 5 heteroatoms. The molecule has 31 heavy (non-hydrogen) atoms. The first-order chi connectivity index (χ1) is 15.0.